The van der Waals surface area contributed by atoms with E-state index in [2.05, 4.69) is 16.9 Å². The number of anilines is 1. The van der Waals surface area contributed by atoms with Crippen LogP contribution in [0.5, 0.6) is 5.75 Å². The molecule has 4 heterocycles. The first kappa shape index (κ1) is 39.7. The van der Waals surface area contributed by atoms with Gasteiger partial charge in [-0.25, -0.2) is 24.4 Å². The van der Waals surface area contributed by atoms with Gasteiger partial charge in [0.15, 0.2) is 11.8 Å². The van der Waals surface area contributed by atoms with Crippen molar-refractivity contribution in [2.45, 2.75) is 63.1 Å². The quantitative estimate of drug-likeness (QED) is 0.208. The third-order valence-electron chi connectivity index (χ3n) is 9.76. The van der Waals surface area contributed by atoms with Crippen molar-refractivity contribution < 1.29 is 53.8 Å². The number of aliphatic hydroxyl groups is 3. The van der Waals surface area contributed by atoms with Crippen LogP contribution in [0.4, 0.5) is 15.4 Å². The lowest BCUT2D eigenvalue weighted by Gasteiger charge is -2.42. The van der Waals surface area contributed by atoms with Gasteiger partial charge in [-0.2, -0.15) is 5.26 Å². The van der Waals surface area contributed by atoms with Gasteiger partial charge in [-0.05, 0) is 36.1 Å². The zero-order valence-corrected chi connectivity index (χ0v) is 30.3. The summed E-state index contributed by atoms with van der Waals surface area (Å²) in [5.41, 5.74) is 0.978. The maximum Gasteiger partial charge on any atom is 0.409 e. The van der Waals surface area contributed by atoms with Gasteiger partial charge < -0.3 is 54.2 Å². The number of carboxylic acids is 1. The fraction of sp³-hybridized carbons (Fsp3) is 0.514. The minimum absolute atomic E-state index is 0.0658. The van der Waals surface area contributed by atoms with Crippen LogP contribution >= 0.6 is 0 Å². The highest BCUT2D eigenvalue weighted by Gasteiger charge is 2.48. The van der Waals surface area contributed by atoms with Crippen LogP contribution in [-0.2, 0) is 25.7 Å². The summed E-state index contributed by atoms with van der Waals surface area (Å²) >= 11 is 0. The molecule has 0 saturated carbocycles. The molecule has 0 spiro atoms. The van der Waals surface area contributed by atoms with Crippen LogP contribution in [0.2, 0.25) is 0 Å². The van der Waals surface area contributed by atoms with Gasteiger partial charge in [-0.1, -0.05) is 19.1 Å². The molecular formula is C35H44N8O11. The van der Waals surface area contributed by atoms with Gasteiger partial charge in [0.1, 0.15) is 49.2 Å². The Kier molecular flexibility index (Phi) is 12.5. The maximum absolute atomic E-state index is 13.5. The van der Waals surface area contributed by atoms with E-state index in [4.69, 9.17) is 19.5 Å². The van der Waals surface area contributed by atoms with Crippen molar-refractivity contribution >= 4 is 40.9 Å². The lowest BCUT2D eigenvalue weighted by atomic mass is 9.92. The van der Waals surface area contributed by atoms with Crippen LogP contribution < -0.4 is 9.64 Å². The van der Waals surface area contributed by atoms with E-state index in [1.165, 1.54) is 39.9 Å². The number of ether oxygens (including phenoxy) is 3. The normalized spacial score (nSPS) is 24.0. The molecule has 2 aromatic heterocycles. The van der Waals surface area contributed by atoms with Crippen LogP contribution in [0.3, 0.4) is 0 Å². The average molecular weight is 753 g/mol. The van der Waals surface area contributed by atoms with E-state index in [1.807, 2.05) is 18.0 Å². The van der Waals surface area contributed by atoms with Crippen LogP contribution in [0.1, 0.15) is 25.3 Å². The molecule has 2 saturated heterocycles. The Labute approximate surface area is 310 Å². The third-order valence-corrected chi connectivity index (χ3v) is 9.76. The van der Waals surface area contributed by atoms with E-state index < -0.39 is 42.8 Å². The van der Waals surface area contributed by atoms with Crippen molar-refractivity contribution in [1.29, 1.82) is 5.26 Å². The largest absolute Gasteiger partial charge is 0.479 e. The first-order chi connectivity index (χ1) is 25.7. The fourth-order valence-corrected chi connectivity index (χ4v) is 6.36. The van der Waals surface area contributed by atoms with E-state index in [1.54, 1.807) is 36.3 Å². The van der Waals surface area contributed by atoms with Gasteiger partial charge in [-0.3, -0.25) is 9.36 Å². The van der Waals surface area contributed by atoms with Crippen LogP contribution in [0.15, 0.2) is 42.9 Å². The zero-order valence-electron chi connectivity index (χ0n) is 30.3. The van der Waals surface area contributed by atoms with E-state index >= 15 is 0 Å². The molecule has 0 radical (unpaired) electrons. The fourth-order valence-electron chi connectivity index (χ4n) is 6.36. The zero-order chi connectivity index (χ0) is 39.3. The first-order valence-electron chi connectivity index (χ1n) is 17.2. The van der Waals surface area contributed by atoms with Crippen molar-refractivity contribution in [2.24, 2.45) is 5.92 Å². The number of carbonyl (C=O) groups excluding carboxylic acids is 3. The highest BCUT2D eigenvalue weighted by atomic mass is 16.7. The number of likely N-dealkylation sites (N-methyl/N-ethyl adjacent to an activating group) is 3. The Morgan fingerprint density at radius 2 is 1.70 bits per heavy atom. The number of fused-ring (bicyclic) bond motifs is 1. The van der Waals surface area contributed by atoms with Crippen LogP contribution in [0.25, 0.3) is 11.0 Å². The lowest BCUT2D eigenvalue weighted by molar-refractivity contribution is -0.271. The summed E-state index contributed by atoms with van der Waals surface area (Å²) in [6, 6.07) is 9.32. The Morgan fingerprint density at radius 1 is 1.00 bits per heavy atom. The second-order valence-corrected chi connectivity index (χ2v) is 13.4. The summed E-state index contributed by atoms with van der Waals surface area (Å²) < 4.78 is 17.4. The van der Waals surface area contributed by atoms with E-state index in [-0.39, 0.29) is 55.8 Å². The standard InChI is InChI=1S/C35H44N8O11/c1-20-10-13-42(25(44)9-12-36)17-24(20)41(4)30-23-11-14-43(31(23)38-19-37-30)34(50)39(2)15-16-40(3)35(51)52-18-21-5-7-22(8-6-21)53-33-28(47)26(45)27(46)29(54-33)32(48)49/h5-8,11,14,19-20,24,26-29,33,45-47H,9-10,13,15-18H2,1-4H3,(H,48,49)/t20-,24+,26+,27+,28-,29+,33-/m1/s1. The summed E-state index contributed by atoms with van der Waals surface area (Å²) in [4.78, 5) is 65.4. The molecule has 1 aromatic carbocycles. The number of benzene rings is 1. The maximum atomic E-state index is 13.5. The Bertz CT molecular complexity index is 1870. The minimum atomic E-state index is -1.84. The van der Waals surface area contributed by atoms with Crippen LogP contribution in [0, 0.1) is 17.2 Å². The van der Waals surface area contributed by atoms with Crippen LogP contribution in [-0.4, -0.2) is 158 Å². The molecule has 19 nitrogen and oxygen atoms in total. The van der Waals surface area contributed by atoms with Gasteiger partial charge in [0.2, 0.25) is 12.2 Å². The SMILES string of the molecule is C[C@@H]1CCN(C(=O)CC#N)C[C@@H]1N(C)c1ncnc2c1ccn2C(=O)N(C)CCN(C)C(=O)OCc1ccc(O[C@@H]2O[C@H](C(=O)O)[C@@H](O)[C@H](O)[C@H]2O)cc1. The topological polar surface area (TPSA) is 244 Å². The van der Waals surface area contributed by atoms with Gasteiger partial charge >= 0.3 is 18.1 Å². The van der Waals surface area contributed by atoms with Gasteiger partial charge in [0.05, 0.1) is 17.5 Å². The molecule has 3 amide bonds. The van der Waals surface area contributed by atoms with Gasteiger partial charge in [0, 0.05) is 53.5 Å². The molecule has 0 unspecified atom stereocenters. The highest BCUT2D eigenvalue weighted by Crippen LogP contribution is 2.30. The molecule has 2 aliphatic rings. The Balaban J connectivity index is 1.12. The minimum Gasteiger partial charge on any atom is -0.479 e. The number of aromatic nitrogens is 3. The number of piperidine rings is 1. The molecule has 0 bridgehead atoms. The number of amides is 3. The average Bonchev–Trinajstić information content (AvgIpc) is 3.60. The summed E-state index contributed by atoms with van der Waals surface area (Å²) in [6.45, 7) is 3.36. The Morgan fingerprint density at radius 3 is 2.39 bits per heavy atom. The van der Waals surface area contributed by atoms with Crippen molar-refractivity contribution in [3.8, 4) is 11.8 Å². The van der Waals surface area contributed by atoms with Gasteiger partial charge in [-0.15, -0.1) is 0 Å². The molecule has 4 N–H and O–H groups in total. The number of aliphatic hydroxyl groups excluding tert-OH is 3. The molecule has 19 heteroatoms. The summed E-state index contributed by atoms with van der Waals surface area (Å²) in [5.74, 6) is -0.720. The lowest BCUT2D eigenvalue weighted by Crippen LogP contribution is -2.61. The third kappa shape index (κ3) is 8.63. The molecule has 2 fully saturated rings. The number of nitriles is 1. The molecule has 2 aliphatic heterocycles. The summed E-state index contributed by atoms with van der Waals surface area (Å²) in [6.07, 6.45) is -5.75. The van der Waals surface area contributed by atoms with Crippen molar-refractivity contribution in [2.75, 3.05) is 52.2 Å². The highest BCUT2D eigenvalue weighted by molar-refractivity contribution is 5.95. The second kappa shape index (κ2) is 17.1. The first-order valence-corrected chi connectivity index (χ1v) is 17.2. The monoisotopic (exact) mass is 752 g/mol. The number of aliphatic carboxylic acids is 1. The number of carboxylic acid groups (broad SMARTS) is 1. The summed E-state index contributed by atoms with van der Waals surface area (Å²) in [5, 5.41) is 48.8. The molecule has 0 aliphatic carbocycles. The van der Waals surface area contributed by atoms with Crippen molar-refractivity contribution in [1.82, 2.24) is 29.2 Å². The molecule has 54 heavy (non-hydrogen) atoms. The smallest absolute Gasteiger partial charge is 0.409 e. The Hall–Kier alpha value is -5.55. The van der Waals surface area contributed by atoms with E-state index in [0.29, 0.717) is 35.5 Å². The summed E-state index contributed by atoms with van der Waals surface area (Å²) in [7, 11) is 5.03. The number of carbonyl (C=O) groups is 4. The van der Waals surface area contributed by atoms with Gasteiger partial charge in [0.25, 0.3) is 0 Å². The van der Waals surface area contributed by atoms with Crippen molar-refractivity contribution in [3.63, 3.8) is 0 Å². The molecule has 5 rings (SSSR count). The number of likely N-dealkylation sites (tertiary alicyclic amines) is 1. The number of hydrogen-bond donors (Lipinski definition) is 4. The second-order valence-electron chi connectivity index (χ2n) is 13.4. The molecule has 290 valence electrons. The predicted octanol–water partition coefficient (Wildman–Crippen LogP) is 0.458. The van der Waals surface area contributed by atoms with E-state index in [0.717, 1.165) is 6.42 Å². The number of hydrogen-bond acceptors (Lipinski definition) is 14. The number of nitrogens with zero attached hydrogens (tertiary/aromatic N) is 8. The molecule has 3 aromatic rings. The van der Waals surface area contributed by atoms with Crippen molar-refractivity contribution in [3.05, 3.63) is 48.4 Å². The molecule has 7 atom stereocenters. The molecular weight excluding hydrogens is 708 g/mol. The van der Waals surface area contributed by atoms with E-state index in [9.17, 15) is 39.6 Å². The number of rotatable bonds is 11. The predicted molar refractivity (Wildman–Crippen MR) is 188 cm³/mol.